The Labute approximate surface area is 105 Å². The van der Waals surface area contributed by atoms with Crippen molar-refractivity contribution in [3.63, 3.8) is 0 Å². The smallest absolute Gasteiger partial charge is 0.275 e. The van der Waals surface area contributed by atoms with E-state index in [9.17, 15) is 9.59 Å². The van der Waals surface area contributed by atoms with Gasteiger partial charge in [0, 0.05) is 25.7 Å². The highest BCUT2D eigenvalue weighted by molar-refractivity contribution is 5.95. The zero-order valence-corrected chi connectivity index (χ0v) is 10.6. The van der Waals surface area contributed by atoms with Crippen LogP contribution in [0.4, 0.5) is 0 Å². The summed E-state index contributed by atoms with van der Waals surface area (Å²) in [6, 6.07) is 1.53. The van der Waals surface area contributed by atoms with Crippen LogP contribution in [0.3, 0.4) is 0 Å². The number of hydrogen-bond acceptors (Lipinski definition) is 4. The highest BCUT2D eigenvalue weighted by Crippen LogP contribution is 2.14. The molecule has 0 bridgehead atoms. The molecule has 0 radical (unpaired) electrons. The lowest BCUT2D eigenvalue weighted by Crippen LogP contribution is -2.54. The van der Waals surface area contributed by atoms with Crippen molar-refractivity contribution in [2.75, 3.05) is 20.2 Å². The number of nitrogens with one attached hydrogen (secondary N) is 1. The Hall–Kier alpha value is -2.05. The normalized spacial score (nSPS) is 19.6. The zero-order chi connectivity index (χ0) is 13.3. The molecule has 2 rings (SSSR count). The number of nitrogens with zero attached hydrogens (tertiary/aromatic N) is 3. The third-order valence-electron chi connectivity index (χ3n) is 2.79. The van der Waals surface area contributed by atoms with Gasteiger partial charge in [0.2, 0.25) is 11.8 Å². The standard InChI is InChI=1S/C11H16N4O3/c1-7-5-15(6-9(16)12-7)11(17)8-4-10(18-3)14(2)13-8/h4,7H,5-6H2,1-3H3,(H,12,16). The Morgan fingerprint density at radius 2 is 2.33 bits per heavy atom. The van der Waals surface area contributed by atoms with E-state index in [-0.39, 0.29) is 30.1 Å². The Morgan fingerprint density at radius 3 is 2.89 bits per heavy atom. The van der Waals surface area contributed by atoms with Gasteiger partial charge in [-0.25, -0.2) is 4.68 Å². The van der Waals surface area contributed by atoms with Crippen molar-refractivity contribution in [2.45, 2.75) is 13.0 Å². The van der Waals surface area contributed by atoms with E-state index >= 15 is 0 Å². The number of carbonyl (C=O) groups is 2. The second-order valence-electron chi connectivity index (χ2n) is 4.35. The van der Waals surface area contributed by atoms with Crippen molar-refractivity contribution in [1.29, 1.82) is 0 Å². The summed E-state index contributed by atoms with van der Waals surface area (Å²) in [4.78, 5) is 25.1. The van der Waals surface area contributed by atoms with Crippen molar-refractivity contribution >= 4 is 11.8 Å². The first-order valence-corrected chi connectivity index (χ1v) is 5.68. The van der Waals surface area contributed by atoms with Gasteiger partial charge in [-0.1, -0.05) is 0 Å². The molecule has 2 amide bonds. The minimum atomic E-state index is -0.254. The van der Waals surface area contributed by atoms with Gasteiger partial charge in [-0.2, -0.15) is 5.10 Å². The fourth-order valence-electron chi connectivity index (χ4n) is 2.00. The molecule has 1 N–H and O–H groups in total. The number of methoxy groups -OCH3 is 1. The largest absolute Gasteiger partial charge is 0.481 e. The van der Waals surface area contributed by atoms with E-state index in [2.05, 4.69) is 10.4 Å². The Bertz CT molecular complexity index is 483. The number of carbonyl (C=O) groups excluding carboxylic acids is 2. The van der Waals surface area contributed by atoms with Crippen molar-refractivity contribution in [1.82, 2.24) is 20.0 Å². The molecule has 0 aromatic carbocycles. The number of aromatic nitrogens is 2. The van der Waals surface area contributed by atoms with Crippen LogP contribution in [0, 0.1) is 0 Å². The topological polar surface area (TPSA) is 76.5 Å². The average Bonchev–Trinajstić information content (AvgIpc) is 2.68. The second kappa shape index (κ2) is 4.67. The van der Waals surface area contributed by atoms with E-state index < -0.39 is 0 Å². The predicted molar refractivity (Wildman–Crippen MR) is 63.3 cm³/mol. The summed E-state index contributed by atoms with van der Waals surface area (Å²) in [5.41, 5.74) is 0.288. The molecule has 1 aliphatic heterocycles. The molecule has 98 valence electrons. The third kappa shape index (κ3) is 2.29. The Kier molecular flexibility index (Phi) is 3.22. The lowest BCUT2D eigenvalue weighted by Gasteiger charge is -2.30. The number of ether oxygens (including phenoxy) is 1. The monoisotopic (exact) mass is 252 g/mol. The quantitative estimate of drug-likeness (QED) is 0.761. The van der Waals surface area contributed by atoms with Gasteiger partial charge in [-0.05, 0) is 6.92 Å². The maximum Gasteiger partial charge on any atom is 0.275 e. The fraction of sp³-hybridized carbons (Fsp3) is 0.545. The van der Waals surface area contributed by atoms with Crippen molar-refractivity contribution in [3.05, 3.63) is 11.8 Å². The van der Waals surface area contributed by atoms with Gasteiger partial charge in [-0.15, -0.1) is 0 Å². The summed E-state index contributed by atoms with van der Waals surface area (Å²) in [6.45, 7) is 2.42. The van der Waals surface area contributed by atoms with E-state index in [4.69, 9.17) is 4.74 Å². The molecule has 0 aliphatic carbocycles. The molecule has 7 heteroatoms. The number of amides is 2. The van der Waals surface area contributed by atoms with Gasteiger partial charge in [-0.3, -0.25) is 9.59 Å². The van der Waals surface area contributed by atoms with E-state index in [0.717, 1.165) is 0 Å². The number of aryl methyl sites for hydroxylation is 1. The average molecular weight is 252 g/mol. The molecule has 1 aromatic rings. The lowest BCUT2D eigenvalue weighted by molar-refractivity contribution is -0.124. The molecule has 1 unspecified atom stereocenters. The highest BCUT2D eigenvalue weighted by atomic mass is 16.5. The molecule has 0 spiro atoms. The number of rotatable bonds is 2. The Morgan fingerprint density at radius 1 is 1.61 bits per heavy atom. The summed E-state index contributed by atoms with van der Waals surface area (Å²) < 4.78 is 6.54. The van der Waals surface area contributed by atoms with Crippen molar-refractivity contribution in [2.24, 2.45) is 7.05 Å². The summed E-state index contributed by atoms with van der Waals surface area (Å²) in [6.07, 6.45) is 0. The van der Waals surface area contributed by atoms with Crippen LogP contribution in [0.25, 0.3) is 0 Å². The number of hydrogen-bond donors (Lipinski definition) is 1. The lowest BCUT2D eigenvalue weighted by atomic mass is 10.2. The van der Waals surface area contributed by atoms with Crippen LogP contribution < -0.4 is 10.1 Å². The second-order valence-corrected chi connectivity index (χ2v) is 4.35. The first-order valence-electron chi connectivity index (χ1n) is 5.68. The van der Waals surface area contributed by atoms with Crippen molar-refractivity contribution < 1.29 is 14.3 Å². The molecule has 0 saturated carbocycles. The fourth-order valence-corrected chi connectivity index (χ4v) is 2.00. The van der Waals surface area contributed by atoms with Gasteiger partial charge < -0.3 is 15.0 Å². The predicted octanol–water partition coefficient (Wildman–Crippen LogP) is -0.611. The third-order valence-corrected chi connectivity index (χ3v) is 2.79. The molecule has 7 nitrogen and oxygen atoms in total. The summed E-state index contributed by atoms with van der Waals surface area (Å²) >= 11 is 0. The molecule has 1 aromatic heterocycles. The van der Waals surface area contributed by atoms with Gasteiger partial charge in [0.1, 0.15) is 0 Å². The first-order chi connectivity index (χ1) is 8.51. The van der Waals surface area contributed by atoms with E-state index in [1.807, 2.05) is 6.92 Å². The highest BCUT2D eigenvalue weighted by Gasteiger charge is 2.28. The SMILES string of the molecule is COc1cc(C(=O)N2CC(=O)NC(C)C2)nn1C. The van der Waals surface area contributed by atoms with Crippen LogP contribution in [-0.2, 0) is 11.8 Å². The molecule has 1 aliphatic rings. The number of piperazine rings is 1. The van der Waals surface area contributed by atoms with Crippen LogP contribution in [0.5, 0.6) is 5.88 Å². The maximum absolute atomic E-state index is 12.2. The van der Waals surface area contributed by atoms with Crippen LogP contribution in [0.2, 0.25) is 0 Å². The summed E-state index contributed by atoms with van der Waals surface area (Å²) in [5.74, 6) is 0.105. The van der Waals surface area contributed by atoms with Crippen LogP contribution in [0.15, 0.2) is 6.07 Å². The molecular weight excluding hydrogens is 236 g/mol. The van der Waals surface area contributed by atoms with Crippen molar-refractivity contribution in [3.8, 4) is 5.88 Å². The maximum atomic E-state index is 12.2. The van der Waals surface area contributed by atoms with Crippen LogP contribution in [0.1, 0.15) is 17.4 Å². The van der Waals surface area contributed by atoms with Crippen LogP contribution in [-0.4, -0.2) is 52.7 Å². The summed E-state index contributed by atoms with van der Waals surface area (Å²) in [5, 5.41) is 6.84. The minimum absolute atomic E-state index is 0.0409. The molecule has 18 heavy (non-hydrogen) atoms. The molecule has 1 saturated heterocycles. The summed E-state index contributed by atoms with van der Waals surface area (Å²) in [7, 11) is 3.21. The van der Waals surface area contributed by atoms with E-state index in [1.54, 1.807) is 13.1 Å². The first kappa shape index (κ1) is 12.4. The molecular formula is C11H16N4O3. The Balaban J connectivity index is 2.17. The van der Waals surface area contributed by atoms with Gasteiger partial charge in [0.05, 0.1) is 13.7 Å². The zero-order valence-electron chi connectivity index (χ0n) is 10.6. The molecule has 1 atom stereocenters. The van der Waals surface area contributed by atoms with Gasteiger partial charge >= 0.3 is 0 Å². The van der Waals surface area contributed by atoms with Gasteiger partial charge in [0.25, 0.3) is 5.91 Å². The minimum Gasteiger partial charge on any atom is -0.481 e. The molecule has 2 heterocycles. The van der Waals surface area contributed by atoms with Gasteiger partial charge in [0.15, 0.2) is 5.69 Å². The molecule has 1 fully saturated rings. The van der Waals surface area contributed by atoms with E-state index in [0.29, 0.717) is 12.4 Å². The van der Waals surface area contributed by atoms with E-state index in [1.165, 1.54) is 16.7 Å². The van der Waals surface area contributed by atoms with Crippen LogP contribution >= 0.6 is 0 Å².